The Hall–Kier alpha value is -3.57. The lowest BCUT2D eigenvalue weighted by atomic mass is 10.1. The summed E-state index contributed by atoms with van der Waals surface area (Å²) in [5.74, 6) is 0.333. The second-order valence-corrected chi connectivity index (χ2v) is 7.17. The molecule has 1 N–H and O–H groups in total. The molecule has 0 unspecified atom stereocenters. The molecule has 1 heterocycles. The molecule has 1 aromatic heterocycles. The Bertz CT molecular complexity index is 1150. The molecule has 1 amide bonds. The molecule has 0 saturated heterocycles. The van der Waals surface area contributed by atoms with Crippen LogP contribution in [0.2, 0.25) is 5.02 Å². The SMILES string of the molecule is COc1ccccc1NC(=O)c1cn(Cc2ccccc2)nc1-c1ccc(Cl)cc1. The Morgan fingerprint density at radius 3 is 2.43 bits per heavy atom. The Balaban J connectivity index is 1.70. The van der Waals surface area contributed by atoms with Crippen molar-refractivity contribution in [3.63, 3.8) is 0 Å². The second kappa shape index (κ2) is 8.84. The third-order valence-corrected chi connectivity index (χ3v) is 4.92. The molecule has 0 bridgehead atoms. The Morgan fingerprint density at radius 1 is 1.00 bits per heavy atom. The van der Waals surface area contributed by atoms with Gasteiger partial charge in [-0.15, -0.1) is 0 Å². The minimum absolute atomic E-state index is 0.260. The third-order valence-electron chi connectivity index (χ3n) is 4.67. The van der Waals surface area contributed by atoms with Gasteiger partial charge in [0.2, 0.25) is 0 Å². The third kappa shape index (κ3) is 4.36. The molecular formula is C24H20ClN3O2. The van der Waals surface area contributed by atoms with Crippen LogP contribution >= 0.6 is 11.6 Å². The number of rotatable bonds is 6. The molecule has 0 fully saturated rings. The summed E-state index contributed by atoms with van der Waals surface area (Å²) in [6.07, 6.45) is 1.77. The van der Waals surface area contributed by atoms with Gasteiger partial charge in [-0.25, -0.2) is 0 Å². The van der Waals surface area contributed by atoms with Gasteiger partial charge in [-0.2, -0.15) is 5.10 Å². The van der Waals surface area contributed by atoms with E-state index < -0.39 is 0 Å². The predicted molar refractivity (Wildman–Crippen MR) is 119 cm³/mol. The number of halogens is 1. The number of ether oxygens (including phenoxy) is 1. The van der Waals surface area contributed by atoms with Gasteiger partial charge in [0, 0.05) is 16.8 Å². The molecule has 4 aromatic rings. The molecule has 30 heavy (non-hydrogen) atoms. The van der Waals surface area contributed by atoms with E-state index in [0.717, 1.165) is 11.1 Å². The van der Waals surface area contributed by atoms with Crippen molar-refractivity contribution in [3.8, 4) is 17.0 Å². The normalized spacial score (nSPS) is 10.6. The zero-order valence-corrected chi connectivity index (χ0v) is 17.1. The average Bonchev–Trinajstić information content (AvgIpc) is 3.19. The van der Waals surface area contributed by atoms with Gasteiger partial charge in [0.15, 0.2) is 0 Å². The number of amides is 1. The molecule has 0 aliphatic heterocycles. The summed E-state index contributed by atoms with van der Waals surface area (Å²) >= 11 is 6.04. The quantitative estimate of drug-likeness (QED) is 0.450. The number of hydrogen-bond donors (Lipinski definition) is 1. The molecule has 6 heteroatoms. The van der Waals surface area contributed by atoms with Crippen LogP contribution in [0.25, 0.3) is 11.3 Å². The van der Waals surface area contributed by atoms with Crippen molar-refractivity contribution in [2.75, 3.05) is 12.4 Å². The van der Waals surface area contributed by atoms with E-state index in [1.807, 2.05) is 54.6 Å². The predicted octanol–water partition coefficient (Wildman–Crippen LogP) is 5.51. The maximum absolute atomic E-state index is 13.2. The summed E-state index contributed by atoms with van der Waals surface area (Å²) in [4.78, 5) is 13.2. The number of aromatic nitrogens is 2. The highest BCUT2D eigenvalue weighted by Crippen LogP contribution is 2.27. The topological polar surface area (TPSA) is 56.1 Å². The number of nitrogens with zero attached hydrogens (tertiary/aromatic N) is 2. The van der Waals surface area contributed by atoms with Gasteiger partial charge in [-0.1, -0.05) is 66.2 Å². The van der Waals surface area contributed by atoms with E-state index in [9.17, 15) is 4.79 Å². The van der Waals surface area contributed by atoms with Crippen molar-refractivity contribution in [1.29, 1.82) is 0 Å². The van der Waals surface area contributed by atoms with Crippen LogP contribution in [0, 0.1) is 0 Å². The molecule has 150 valence electrons. The monoisotopic (exact) mass is 417 g/mol. The summed E-state index contributed by atoms with van der Waals surface area (Å²) in [5, 5.41) is 8.25. The van der Waals surface area contributed by atoms with E-state index in [1.165, 1.54) is 0 Å². The van der Waals surface area contributed by atoms with Crippen LogP contribution < -0.4 is 10.1 Å². The van der Waals surface area contributed by atoms with Gasteiger partial charge in [-0.05, 0) is 29.8 Å². The summed E-state index contributed by atoms with van der Waals surface area (Å²) in [7, 11) is 1.57. The fraction of sp³-hybridized carbons (Fsp3) is 0.0833. The summed E-state index contributed by atoms with van der Waals surface area (Å²) in [6, 6.07) is 24.6. The van der Waals surface area contributed by atoms with Crippen molar-refractivity contribution in [1.82, 2.24) is 9.78 Å². The van der Waals surface area contributed by atoms with Gasteiger partial charge in [0.25, 0.3) is 5.91 Å². The lowest BCUT2D eigenvalue weighted by Crippen LogP contribution is -2.13. The summed E-state index contributed by atoms with van der Waals surface area (Å²) in [6.45, 7) is 0.559. The van der Waals surface area contributed by atoms with E-state index in [1.54, 1.807) is 42.3 Å². The molecule has 5 nitrogen and oxygen atoms in total. The van der Waals surface area contributed by atoms with Gasteiger partial charge in [0.05, 0.1) is 24.9 Å². The number of methoxy groups -OCH3 is 1. The van der Waals surface area contributed by atoms with Crippen LogP contribution in [-0.2, 0) is 6.54 Å². The van der Waals surface area contributed by atoms with Crippen molar-refractivity contribution in [2.45, 2.75) is 6.54 Å². The average molecular weight is 418 g/mol. The zero-order valence-electron chi connectivity index (χ0n) is 16.4. The van der Waals surface area contributed by atoms with E-state index in [2.05, 4.69) is 5.32 Å². The number of para-hydroxylation sites is 2. The molecule has 0 spiro atoms. The number of nitrogens with one attached hydrogen (secondary N) is 1. The molecule has 4 rings (SSSR count). The maximum atomic E-state index is 13.2. The largest absolute Gasteiger partial charge is 0.495 e. The van der Waals surface area contributed by atoms with E-state index in [0.29, 0.717) is 34.3 Å². The minimum Gasteiger partial charge on any atom is -0.495 e. The lowest BCUT2D eigenvalue weighted by molar-refractivity contribution is 0.102. The first-order chi connectivity index (χ1) is 14.6. The van der Waals surface area contributed by atoms with Crippen LogP contribution in [0.3, 0.4) is 0 Å². The Labute approximate surface area is 179 Å². The zero-order chi connectivity index (χ0) is 20.9. The fourth-order valence-corrected chi connectivity index (χ4v) is 3.32. The standard InChI is InChI=1S/C24H20ClN3O2/c1-30-22-10-6-5-9-21(22)26-24(29)20-16-28(15-17-7-3-2-4-8-17)27-23(20)18-11-13-19(25)14-12-18/h2-14,16H,15H2,1H3,(H,26,29). The second-order valence-electron chi connectivity index (χ2n) is 6.74. The van der Waals surface area contributed by atoms with E-state index >= 15 is 0 Å². The number of hydrogen-bond acceptors (Lipinski definition) is 3. The highest BCUT2D eigenvalue weighted by molar-refractivity contribution is 6.30. The minimum atomic E-state index is -0.260. The first-order valence-corrected chi connectivity index (χ1v) is 9.83. The Morgan fingerprint density at radius 2 is 1.70 bits per heavy atom. The van der Waals surface area contributed by atoms with Gasteiger partial charge >= 0.3 is 0 Å². The van der Waals surface area contributed by atoms with Crippen LogP contribution in [0.15, 0.2) is 85.1 Å². The summed E-state index contributed by atoms with van der Waals surface area (Å²) in [5.41, 5.74) is 3.58. The van der Waals surface area contributed by atoms with Crippen molar-refractivity contribution < 1.29 is 9.53 Å². The molecule has 0 aliphatic carbocycles. The number of benzene rings is 3. The highest BCUT2D eigenvalue weighted by atomic mass is 35.5. The van der Waals surface area contributed by atoms with Gasteiger partial charge in [0.1, 0.15) is 11.4 Å². The first-order valence-electron chi connectivity index (χ1n) is 9.46. The molecule has 0 atom stereocenters. The fourth-order valence-electron chi connectivity index (χ4n) is 3.20. The van der Waals surface area contributed by atoms with E-state index in [4.69, 9.17) is 21.4 Å². The van der Waals surface area contributed by atoms with Crippen LogP contribution in [0.5, 0.6) is 5.75 Å². The number of carbonyl (C=O) groups excluding carboxylic acids is 1. The van der Waals surface area contributed by atoms with Crippen molar-refractivity contribution in [2.24, 2.45) is 0 Å². The lowest BCUT2D eigenvalue weighted by Gasteiger charge is -2.09. The Kier molecular flexibility index (Phi) is 5.82. The van der Waals surface area contributed by atoms with Crippen LogP contribution in [-0.4, -0.2) is 22.8 Å². The molecule has 0 aliphatic rings. The molecule has 3 aromatic carbocycles. The van der Waals surface area contributed by atoms with Gasteiger partial charge in [-0.3, -0.25) is 9.48 Å². The number of carbonyl (C=O) groups is 1. The first kappa shape index (κ1) is 19.7. The number of anilines is 1. The van der Waals surface area contributed by atoms with Gasteiger partial charge < -0.3 is 10.1 Å². The van der Waals surface area contributed by atoms with Crippen molar-refractivity contribution >= 4 is 23.2 Å². The van der Waals surface area contributed by atoms with Crippen LogP contribution in [0.4, 0.5) is 5.69 Å². The highest BCUT2D eigenvalue weighted by Gasteiger charge is 2.19. The summed E-state index contributed by atoms with van der Waals surface area (Å²) < 4.78 is 7.12. The smallest absolute Gasteiger partial charge is 0.259 e. The molecular weight excluding hydrogens is 398 g/mol. The van der Waals surface area contributed by atoms with Crippen molar-refractivity contribution in [3.05, 3.63) is 101 Å². The van der Waals surface area contributed by atoms with E-state index in [-0.39, 0.29) is 5.91 Å². The maximum Gasteiger partial charge on any atom is 0.259 e. The molecule has 0 radical (unpaired) electrons. The molecule has 0 saturated carbocycles. The van der Waals surface area contributed by atoms with Crippen LogP contribution in [0.1, 0.15) is 15.9 Å².